The Balaban J connectivity index is 3.02. The fraction of sp³-hybridized carbons (Fsp3) is 0.625. The summed E-state index contributed by atoms with van der Waals surface area (Å²) >= 11 is 3.89. The maximum absolute atomic E-state index is 5.32. The molecule has 1 aromatic rings. The van der Waals surface area contributed by atoms with Crippen molar-refractivity contribution in [3.05, 3.63) is 29.3 Å². The Morgan fingerprint density at radius 1 is 1.06 bits per heavy atom. The van der Waals surface area contributed by atoms with Crippen LogP contribution in [0.5, 0.6) is 5.75 Å². The van der Waals surface area contributed by atoms with Crippen LogP contribution in [0.15, 0.2) is 18.2 Å². The van der Waals surface area contributed by atoms with E-state index in [1.807, 2.05) is 0 Å². The van der Waals surface area contributed by atoms with Gasteiger partial charge in [0.05, 0.1) is 7.11 Å². The molecule has 0 fully saturated rings. The minimum atomic E-state index is 0.405. The topological polar surface area (TPSA) is 9.23 Å². The molecule has 1 nitrogen and oxygen atoms in total. The third-order valence-electron chi connectivity index (χ3n) is 3.61. The van der Waals surface area contributed by atoms with E-state index in [0.717, 1.165) is 5.75 Å². The van der Waals surface area contributed by atoms with Crippen molar-refractivity contribution in [3.8, 4) is 5.75 Å². The molecule has 0 spiro atoms. The van der Waals surface area contributed by atoms with Gasteiger partial charge in [0, 0.05) is 4.83 Å². The van der Waals surface area contributed by atoms with Gasteiger partial charge in [0.25, 0.3) is 0 Å². The minimum absolute atomic E-state index is 0.405. The van der Waals surface area contributed by atoms with Crippen molar-refractivity contribution in [1.29, 1.82) is 0 Å². The molecule has 102 valence electrons. The standard InChI is InChI=1S/C16H25BrO/c1-10(2)15(11(3)4)16(17)13-7-8-14(18-6)12(5)9-13/h7-11,15-16H,1-6H3. The Morgan fingerprint density at radius 2 is 1.61 bits per heavy atom. The molecule has 1 aromatic carbocycles. The van der Waals surface area contributed by atoms with Gasteiger partial charge in [0.1, 0.15) is 5.75 Å². The molecular formula is C16H25BrO. The number of hydrogen-bond acceptors (Lipinski definition) is 1. The second-order valence-corrected chi connectivity index (χ2v) is 6.68. The first-order chi connectivity index (χ1) is 8.38. The van der Waals surface area contributed by atoms with Gasteiger partial charge in [-0.25, -0.2) is 0 Å². The summed E-state index contributed by atoms with van der Waals surface area (Å²) in [6.07, 6.45) is 0. The zero-order valence-electron chi connectivity index (χ0n) is 12.3. The maximum Gasteiger partial charge on any atom is 0.121 e. The molecule has 0 heterocycles. The molecular weight excluding hydrogens is 288 g/mol. The molecule has 0 radical (unpaired) electrons. The number of aryl methyl sites for hydroxylation is 1. The van der Waals surface area contributed by atoms with Gasteiger partial charge in [0.15, 0.2) is 0 Å². The van der Waals surface area contributed by atoms with Crippen LogP contribution in [0.1, 0.15) is 43.6 Å². The van der Waals surface area contributed by atoms with Gasteiger partial charge >= 0.3 is 0 Å². The zero-order chi connectivity index (χ0) is 13.9. The van der Waals surface area contributed by atoms with Gasteiger partial charge < -0.3 is 4.74 Å². The first-order valence-corrected chi connectivity index (χ1v) is 7.58. The first kappa shape index (κ1) is 15.6. The SMILES string of the molecule is COc1ccc(C(Br)C(C(C)C)C(C)C)cc1C. The lowest BCUT2D eigenvalue weighted by atomic mass is 9.80. The third kappa shape index (κ3) is 3.50. The van der Waals surface area contributed by atoms with E-state index >= 15 is 0 Å². The van der Waals surface area contributed by atoms with Crippen LogP contribution in [0.3, 0.4) is 0 Å². The molecule has 18 heavy (non-hydrogen) atoms. The largest absolute Gasteiger partial charge is 0.496 e. The van der Waals surface area contributed by atoms with Crippen LogP contribution in [0.25, 0.3) is 0 Å². The first-order valence-electron chi connectivity index (χ1n) is 6.67. The minimum Gasteiger partial charge on any atom is -0.496 e. The summed E-state index contributed by atoms with van der Waals surface area (Å²) in [5.74, 6) is 2.93. The highest BCUT2D eigenvalue weighted by molar-refractivity contribution is 9.09. The highest BCUT2D eigenvalue weighted by Gasteiger charge is 2.26. The summed E-state index contributed by atoms with van der Waals surface area (Å²) in [5.41, 5.74) is 2.55. The molecule has 0 aromatic heterocycles. The van der Waals surface area contributed by atoms with Crippen molar-refractivity contribution in [2.24, 2.45) is 17.8 Å². The lowest BCUT2D eigenvalue weighted by Gasteiger charge is -2.30. The second-order valence-electron chi connectivity index (χ2n) is 5.70. The molecule has 0 saturated carbocycles. The van der Waals surface area contributed by atoms with Crippen molar-refractivity contribution in [3.63, 3.8) is 0 Å². The molecule has 0 aliphatic heterocycles. The molecule has 0 N–H and O–H groups in total. The van der Waals surface area contributed by atoms with E-state index in [0.29, 0.717) is 22.6 Å². The van der Waals surface area contributed by atoms with Gasteiger partial charge in [-0.15, -0.1) is 0 Å². The van der Waals surface area contributed by atoms with Crippen LogP contribution in [0.4, 0.5) is 0 Å². The van der Waals surface area contributed by atoms with Crippen molar-refractivity contribution in [2.45, 2.75) is 39.4 Å². The summed E-state index contributed by atoms with van der Waals surface area (Å²) in [6.45, 7) is 11.3. The molecule has 2 heteroatoms. The lowest BCUT2D eigenvalue weighted by molar-refractivity contribution is 0.284. The van der Waals surface area contributed by atoms with Gasteiger partial charge in [-0.3, -0.25) is 0 Å². The average molecular weight is 313 g/mol. The van der Waals surface area contributed by atoms with Crippen molar-refractivity contribution in [2.75, 3.05) is 7.11 Å². The van der Waals surface area contributed by atoms with Gasteiger partial charge in [-0.1, -0.05) is 55.8 Å². The van der Waals surface area contributed by atoms with Gasteiger partial charge in [0.2, 0.25) is 0 Å². The number of alkyl halides is 1. The predicted octanol–water partition coefficient (Wildman–Crippen LogP) is 5.37. The quantitative estimate of drug-likeness (QED) is 0.664. The highest BCUT2D eigenvalue weighted by atomic mass is 79.9. The summed E-state index contributed by atoms with van der Waals surface area (Å²) < 4.78 is 5.32. The van der Waals surface area contributed by atoms with Crippen LogP contribution >= 0.6 is 15.9 Å². The van der Waals surface area contributed by atoms with E-state index in [2.05, 4.69) is 68.7 Å². The number of methoxy groups -OCH3 is 1. The van der Waals surface area contributed by atoms with E-state index in [-0.39, 0.29) is 0 Å². The Labute approximate surface area is 120 Å². The molecule has 0 aliphatic carbocycles. The maximum atomic E-state index is 5.32. The average Bonchev–Trinajstić information content (AvgIpc) is 2.27. The number of benzene rings is 1. The lowest BCUT2D eigenvalue weighted by Crippen LogP contribution is -2.20. The fourth-order valence-corrected chi connectivity index (χ4v) is 4.25. The fourth-order valence-electron chi connectivity index (χ4n) is 2.74. The smallest absolute Gasteiger partial charge is 0.121 e. The number of rotatable bonds is 5. The molecule has 1 atom stereocenters. The van der Waals surface area contributed by atoms with E-state index < -0.39 is 0 Å². The number of hydrogen-bond donors (Lipinski definition) is 0. The summed E-state index contributed by atoms with van der Waals surface area (Å²) in [5, 5.41) is 0. The summed E-state index contributed by atoms with van der Waals surface area (Å²) in [7, 11) is 1.72. The van der Waals surface area contributed by atoms with E-state index in [1.54, 1.807) is 7.11 Å². The van der Waals surface area contributed by atoms with Crippen molar-refractivity contribution >= 4 is 15.9 Å². The normalized spacial score (nSPS) is 13.4. The molecule has 1 unspecified atom stereocenters. The van der Waals surface area contributed by atoms with Gasteiger partial charge in [-0.05, 0) is 41.9 Å². The second kappa shape index (κ2) is 6.60. The Morgan fingerprint density at radius 3 is 2.00 bits per heavy atom. The predicted molar refractivity (Wildman–Crippen MR) is 82.6 cm³/mol. The van der Waals surface area contributed by atoms with Crippen molar-refractivity contribution in [1.82, 2.24) is 0 Å². The zero-order valence-corrected chi connectivity index (χ0v) is 13.9. The van der Waals surface area contributed by atoms with Gasteiger partial charge in [-0.2, -0.15) is 0 Å². The Hall–Kier alpha value is -0.500. The van der Waals surface area contributed by atoms with Crippen LogP contribution < -0.4 is 4.74 Å². The monoisotopic (exact) mass is 312 g/mol. The molecule has 0 amide bonds. The molecule has 0 bridgehead atoms. The van der Waals surface area contributed by atoms with E-state index in [4.69, 9.17) is 4.74 Å². The van der Waals surface area contributed by atoms with Crippen LogP contribution in [-0.2, 0) is 0 Å². The van der Waals surface area contributed by atoms with E-state index in [1.165, 1.54) is 11.1 Å². The summed E-state index contributed by atoms with van der Waals surface area (Å²) in [4.78, 5) is 0.405. The molecule has 1 rings (SSSR count). The third-order valence-corrected chi connectivity index (χ3v) is 4.75. The van der Waals surface area contributed by atoms with Crippen LogP contribution in [0.2, 0.25) is 0 Å². The van der Waals surface area contributed by atoms with E-state index in [9.17, 15) is 0 Å². The summed E-state index contributed by atoms with van der Waals surface area (Å²) in [6, 6.07) is 6.47. The Kier molecular flexibility index (Phi) is 5.71. The Bertz CT molecular complexity index is 377. The molecule has 0 aliphatic rings. The van der Waals surface area contributed by atoms with Crippen molar-refractivity contribution < 1.29 is 4.74 Å². The highest BCUT2D eigenvalue weighted by Crippen LogP contribution is 2.41. The number of ether oxygens (including phenoxy) is 1. The van der Waals surface area contributed by atoms with Crippen LogP contribution in [0, 0.1) is 24.7 Å². The van der Waals surface area contributed by atoms with Crippen LogP contribution in [-0.4, -0.2) is 7.11 Å². The number of halogens is 1. The molecule has 0 saturated heterocycles.